The minimum absolute atomic E-state index is 0.186. The van der Waals surface area contributed by atoms with Gasteiger partial charge in [0.2, 0.25) is 0 Å². The van der Waals surface area contributed by atoms with Gasteiger partial charge in [0.25, 0.3) is 5.91 Å². The van der Waals surface area contributed by atoms with Crippen LogP contribution in [-0.2, 0) is 0 Å². The molecule has 0 unspecified atom stereocenters. The lowest BCUT2D eigenvalue weighted by Crippen LogP contribution is -2.50. The number of hydrogen-bond acceptors (Lipinski definition) is 7. The summed E-state index contributed by atoms with van der Waals surface area (Å²) in [6.07, 6.45) is -0.522. The molecule has 5 amide bonds. The molecule has 4 N–H and O–H groups in total. The first kappa shape index (κ1) is 30.3. The number of benzene rings is 2. The highest BCUT2D eigenvalue weighted by molar-refractivity contribution is 6.02. The standard InChI is InChI=1S/C29H35FN6O6/c1-16-13-36(17(2)15-37)27(38)23-12-22(32-28(39)31-21-8-6-20(30)7-9-21)10-11-24(23)41-25(16)14-35(5)29(40)33-26-18(3)34-42-19(26)4/h6-12,16-17,25,37H,13-15H2,1-5H3,(H,33,40)(H2,31,32,39)/t16-,17-,25+/m0/s1. The first-order valence-electron chi connectivity index (χ1n) is 13.5. The third-order valence-electron chi connectivity index (χ3n) is 7.09. The molecule has 3 atom stereocenters. The van der Waals surface area contributed by atoms with E-state index < -0.39 is 24.0 Å². The average molecular weight is 583 g/mol. The zero-order valence-corrected chi connectivity index (χ0v) is 24.1. The number of aliphatic hydroxyl groups excluding tert-OH is 1. The van der Waals surface area contributed by atoms with Crippen molar-refractivity contribution in [2.75, 3.05) is 42.7 Å². The van der Waals surface area contributed by atoms with Gasteiger partial charge in [0.1, 0.15) is 29.1 Å². The van der Waals surface area contributed by atoms with Crippen molar-refractivity contribution >= 4 is 35.0 Å². The van der Waals surface area contributed by atoms with Crippen LogP contribution in [0.1, 0.15) is 35.7 Å². The van der Waals surface area contributed by atoms with Crippen molar-refractivity contribution in [2.24, 2.45) is 5.92 Å². The Morgan fingerprint density at radius 3 is 2.45 bits per heavy atom. The minimum Gasteiger partial charge on any atom is -0.487 e. The number of amides is 5. The molecule has 0 spiro atoms. The number of carbonyl (C=O) groups excluding carboxylic acids is 3. The topological polar surface area (TPSA) is 149 Å². The second-order valence-corrected chi connectivity index (χ2v) is 10.4. The van der Waals surface area contributed by atoms with E-state index in [1.807, 2.05) is 6.92 Å². The predicted octanol–water partition coefficient (Wildman–Crippen LogP) is 4.46. The van der Waals surface area contributed by atoms with Gasteiger partial charge in [-0.1, -0.05) is 12.1 Å². The zero-order valence-electron chi connectivity index (χ0n) is 24.1. The number of nitrogens with zero attached hydrogens (tertiary/aromatic N) is 3. The fourth-order valence-corrected chi connectivity index (χ4v) is 4.56. The molecular formula is C29H35FN6O6. The lowest BCUT2D eigenvalue weighted by Gasteiger charge is -2.38. The van der Waals surface area contributed by atoms with Gasteiger partial charge in [-0.2, -0.15) is 0 Å². The average Bonchev–Trinajstić information content (AvgIpc) is 3.27. The number of urea groups is 2. The molecule has 1 aliphatic heterocycles. The highest BCUT2D eigenvalue weighted by Crippen LogP contribution is 2.31. The van der Waals surface area contributed by atoms with Crippen LogP contribution in [0, 0.1) is 25.6 Å². The van der Waals surface area contributed by atoms with Crippen LogP contribution in [-0.4, -0.2) is 76.9 Å². The molecule has 0 aliphatic carbocycles. The Hall–Kier alpha value is -4.65. The van der Waals surface area contributed by atoms with E-state index in [9.17, 15) is 23.9 Å². The Labute approximate surface area is 242 Å². The van der Waals surface area contributed by atoms with E-state index in [1.165, 1.54) is 35.2 Å². The molecule has 1 aliphatic rings. The maximum atomic E-state index is 13.7. The fourth-order valence-electron chi connectivity index (χ4n) is 4.56. The quantitative estimate of drug-likeness (QED) is 0.321. The predicted molar refractivity (Wildman–Crippen MR) is 154 cm³/mol. The van der Waals surface area contributed by atoms with Crippen LogP contribution in [0.25, 0.3) is 0 Å². The van der Waals surface area contributed by atoms with Crippen molar-refractivity contribution in [2.45, 2.75) is 39.8 Å². The van der Waals surface area contributed by atoms with Crippen LogP contribution >= 0.6 is 0 Å². The number of carbonyl (C=O) groups is 3. The molecule has 12 nitrogen and oxygen atoms in total. The van der Waals surface area contributed by atoms with Crippen molar-refractivity contribution in [3.05, 3.63) is 65.3 Å². The molecule has 0 bridgehead atoms. The summed E-state index contributed by atoms with van der Waals surface area (Å²) >= 11 is 0. The maximum absolute atomic E-state index is 13.7. The Balaban J connectivity index is 1.55. The molecule has 2 aromatic carbocycles. The van der Waals surface area contributed by atoms with Gasteiger partial charge in [-0.15, -0.1) is 0 Å². The third-order valence-corrected chi connectivity index (χ3v) is 7.09. The summed E-state index contributed by atoms with van der Waals surface area (Å²) in [4.78, 5) is 42.2. The van der Waals surface area contributed by atoms with Gasteiger partial charge in [0.15, 0.2) is 5.76 Å². The zero-order chi connectivity index (χ0) is 30.6. The summed E-state index contributed by atoms with van der Waals surface area (Å²) in [5, 5.41) is 21.8. The van der Waals surface area contributed by atoms with E-state index in [1.54, 1.807) is 44.9 Å². The normalized spacial score (nSPS) is 17.3. The molecule has 42 heavy (non-hydrogen) atoms. The molecule has 2 heterocycles. The van der Waals surface area contributed by atoms with Crippen LogP contribution in [0.4, 0.5) is 31.0 Å². The van der Waals surface area contributed by atoms with Crippen LogP contribution in [0.3, 0.4) is 0 Å². The minimum atomic E-state index is -0.584. The lowest BCUT2D eigenvalue weighted by molar-refractivity contribution is 0.0371. The summed E-state index contributed by atoms with van der Waals surface area (Å²) < 4.78 is 24.6. The number of nitrogens with one attached hydrogen (secondary N) is 3. The highest BCUT2D eigenvalue weighted by atomic mass is 19.1. The second-order valence-electron chi connectivity index (χ2n) is 10.4. The molecule has 0 fully saturated rings. The van der Waals surface area contributed by atoms with Gasteiger partial charge in [0, 0.05) is 30.9 Å². The van der Waals surface area contributed by atoms with Crippen LogP contribution in [0.15, 0.2) is 47.0 Å². The molecule has 0 saturated heterocycles. The van der Waals surface area contributed by atoms with E-state index in [4.69, 9.17) is 9.26 Å². The molecule has 224 valence electrons. The number of likely N-dealkylation sites (N-methyl/N-ethyl adjacent to an activating group) is 1. The third kappa shape index (κ3) is 6.97. The van der Waals surface area contributed by atoms with Crippen molar-refractivity contribution < 1.29 is 33.1 Å². The number of ether oxygens (including phenoxy) is 1. The van der Waals surface area contributed by atoms with E-state index in [2.05, 4.69) is 21.1 Å². The summed E-state index contributed by atoms with van der Waals surface area (Å²) in [5.41, 5.74) is 1.96. The second kappa shape index (κ2) is 12.9. The molecule has 0 radical (unpaired) electrons. The highest BCUT2D eigenvalue weighted by Gasteiger charge is 2.34. The first-order valence-corrected chi connectivity index (χ1v) is 13.5. The number of aromatic nitrogens is 1. The Kier molecular flexibility index (Phi) is 9.31. The maximum Gasteiger partial charge on any atom is 0.323 e. The first-order chi connectivity index (χ1) is 20.0. The molecule has 0 saturated carbocycles. The van der Waals surface area contributed by atoms with Crippen molar-refractivity contribution in [3.8, 4) is 5.75 Å². The van der Waals surface area contributed by atoms with Gasteiger partial charge in [0.05, 0.1) is 24.8 Å². The van der Waals surface area contributed by atoms with E-state index in [0.717, 1.165) is 0 Å². The number of hydrogen-bond donors (Lipinski definition) is 4. The van der Waals surface area contributed by atoms with Gasteiger partial charge >= 0.3 is 12.1 Å². The van der Waals surface area contributed by atoms with Gasteiger partial charge in [-0.3, -0.25) is 4.79 Å². The smallest absolute Gasteiger partial charge is 0.323 e. The monoisotopic (exact) mass is 582 g/mol. The fraction of sp³-hybridized carbons (Fsp3) is 0.379. The molecule has 1 aromatic heterocycles. The number of anilines is 3. The van der Waals surface area contributed by atoms with Gasteiger partial charge < -0.3 is 40.1 Å². The van der Waals surface area contributed by atoms with Crippen LogP contribution < -0.4 is 20.7 Å². The van der Waals surface area contributed by atoms with E-state index >= 15 is 0 Å². The lowest BCUT2D eigenvalue weighted by atomic mass is 9.99. The summed E-state index contributed by atoms with van der Waals surface area (Å²) in [5.74, 6) is -0.256. The molecule has 3 aromatic rings. The largest absolute Gasteiger partial charge is 0.487 e. The SMILES string of the molecule is Cc1noc(C)c1NC(=O)N(C)C[C@H]1Oc2ccc(NC(=O)Nc3ccc(F)cc3)cc2C(=O)N([C@@H](C)CO)C[C@@H]1C. The van der Waals surface area contributed by atoms with E-state index in [-0.39, 0.29) is 48.9 Å². The molecular weight excluding hydrogens is 547 g/mol. The van der Waals surface area contributed by atoms with Crippen molar-refractivity contribution in [1.29, 1.82) is 0 Å². The Morgan fingerprint density at radius 1 is 1.14 bits per heavy atom. The van der Waals surface area contributed by atoms with Gasteiger partial charge in [-0.05, 0) is 63.2 Å². The molecule has 4 rings (SSSR count). The number of rotatable bonds is 7. The van der Waals surface area contributed by atoms with Crippen molar-refractivity contribution in [3.63, 3.8) is 0 Å². The Bertz CT molecular complexity index is 1430. The van der Waals surface area contributed by atoms with Crippen LogP contribution in [0.2, 0.25) is 0 Å². The van der Waals surface area contributed by atoms with Crippen LogP contribution in [0.5, 0.6) is 5.75 Å². The summed E-state index contributed by atoms with van der Waals surface area (Å²) in [7, 11) is 1.63. The van der Waals surface area contributed by atoms with Gasteiger partial charge in [-0.25, -0.2) is 14.0 Å². The number of fused-ring (bicyclic) bond motifs is 1. The molecule has 13 heteroatoms. The number of aryl methyl sites for hydroxylation is 2. The van der Waals surface area contributed by atoms with Crippen molar-refractivity contribution in [1.82, 2.24) is 15.0 Å². The Morgan fingerprint density at radius 2 is 1.81 bits per heavy atom. The summed E-state index contributed by atoms with van der Waals surface area (Å²) in [6, 6.07) is 8.51. The summed E-state index contributed by atoms with van der Waals surface area (Å²) in [6.45, 7) is 7.27. The number of aliphatic hydroxyl groups is 1. The number of halogens is 1. The van der Waals surface area contributed by atoms with E-state index in [0.29, 0.717) is 28.5 Å².